The van der Waals surface area contributed by atoms with Crippen LogP contribution in [0.25, 0.3) is 0 Å². The van der Waals surface area contributed by atoms with Crippen LogP contribution in [0.15, 0.2) is 42.5 Å². The van der Waals surface area contributed by atoms with Crippen molar-refractivity contribution >= 4 is 23.3 Å². The Morgan fingerprint density at radius 2 is 1.80 bits per heavy atom. The van der Waals surface area contributed by atoms with Crippen molar-refractivity contribution in [1.29, 1.82) is 0 Å². The zero-order valence-corrected chi connectivity index (χ0v) is 15.5. The fourth-order valence-electron chi connectivity index (χ4n) is 3.24. The van der Waals surface area contributed by atoms with Crippen LogP contribution in [0.1, 0.15) is 16.7 Å². The number of rotatable bonds is 3. The number of hydrogen-bond donors (Lipinski definition) is 1. The zero-order valence-electron chi connectivity index (χ0n) is 14.8. The summed E-state index contributed by atoms with van der Waals surface area (Å²) in [6, 6.07) is 14.1. The van der Waals surface area contributed by atoms with E-state index in [9.17, 15) is 4.79 Å². The summed E-state index contributed by atoms with van der Waals surface area (Å²) in [5, 5.41) is 3.65. The van der Waals surface area contributed by atoms with Crippen molar-refractivity contribution in [2.24, 2.45) is 0 Å². The molecule has 0 atom stereocenters. The van der Waals surface area contributed by atoms with Crippen molar-refractivity contribution in [2.45, 2.75) is 20.4 Å². The standard InChI is InChI=1S/C20H24ClN3O/c1-15-7-8-19(16(2)13-15)23-9-11-24(12-10-23)20(25)22-14-17-5-3-4-6-18(17)21/h3-8,13H,9-12,14H2,1-2H3,(H,22,25). The second kappa shape index (κ2) is 7.79. The number of aryl methyl sites for hydroxylation is 2. The van der Waals surface area contributed by atoms with Crippen LogP contribution in [0, 0.1) is 13.8 Å². The maximum atomic E-state index is 12.4. The Balaban J connectivity index is 1.53. The Hall–Kier alpha value is -2.20. The van der Waals surface area contributed by atoms with E-state index in [0.717, 1.165) is 31.7 Å². The predicted molar refractivity (Wildman–Crippen MR) is 103 cm³/mol. The molecule has 0 unspecified atom stereocenters. The van der Waals surface area contributed by atoms with Gasteiger partial charge in [-0.05, 0) is 37.1 Å². The van der Waals surface area contributed by atoms with Gasteiger partial charge in [-0.3, -0.25) is 0 Å². The van der Waals surface area contributed by atoms with Crippen molar-refractivity contribution in [3.05, 3.63) is 64.2 Å². The Bertz CT molecular complexity index is 754. The van der Waals surface area contributed by atoms with Gasteiger partial charge in [-0.2, -0.15) is 0 Å². The molecular formula is C20H24ClN3O. The molecule has 25 heavy (non-hydrogen) atoms. The molecule has 0 radical (unpaired) electrons. The lowest BCUT2D eigenvalue weighted by Gasteiger charge is -2.36. The molecule has 0 spiro atoms. The second-order valence-electron chi connectivity index (χ2n) is 6.51. The third kappa shape index (κ3) is 4.26. The number of halogens is 1. The molecule has 5 heteroatoms. The minimum atomic E-state index is -0.0276. The van der Waals surface area contributed by atoms with Crippen molar-refractivity contribution in [3.8, 4) is 0 Å². The molecule has 1 fully saturated rings. The zero-order chi connectivity index (χ0) is 17.8. The summed E-state index contributed by atoms with van der Waals surface area (Å²) in [6.07, 6.45) is 0. The molecule has 2 amide bonds. The van der Waals surface area contributed by atoms with Crippen LogP contribution in [-0.4, -0.2) is 37.1 Å². The minimum Gasteiger partial charge on any atom is -0.368 e. The summed E-state index contributed by atoms with van der Waals surface area (Å²) >= 11 is 6.13. The molecule has 1 heterocycles. The van der Waals surface area contributed by atoms with E-state index < -0.39 is 0 Å². The predicted octanol–water partition coefficient (Wildman–Crippen LogP) is 3.99. The summed E-state index contributed by atoms with van der Waals surface area (Å²) in [6.45, 7) is 7.86. The normalized spacial score (nSPS) is 14.5. The van der Waals surface area contributed by atoms with Gasteiger partial charge >= 0.3 is 6.03 Å². The van der Waals surface area contributed by atoms with E-state index in [1.165, 1.54) is 16.8 Å². The molecule has 0 saturated carbocycles. The summed E-state index contributed by atoms with van der Waals surface area (Å²) in [4.78, 5) is 16.6. The third-order valence-electron chi connectivity index (χ3n) is 4.65. The lowest BCUT2D eigenvalue weighted by atomic mass is 10.1. The van der Waals surface area contributed by atoms with Crippen LogP contribution in [0.4, 0.5) is 10.5 Å². The number of anilines is 1. The molecule has 132 valence electrons. The van der Waals surface area contributed by atoms with Crippen LogP contribution < -0.4 is 10.2 Å². The number of hydrogen-bond acceptors (Lipinski definition) is 2. The van der Waals surface area contributed by atoms with Crippen molar-refractivity contribution in [3.63, 3.8) is 0 Å². The van der Waals surface area contributed by atoms with Crippen LogP contribution in [-0.2, 0) is 6.54 Å². The number of urea groups is 1. The summed E-state index contributed by atoms with van der Waals surface area (Å²) < 4.78 is 0. The number of nitrogens with zero attached hydrogens (tertiary/aromatic N) is 2. The van der Waals surface area contributed by atoms with E-state index in [4.69, 9.17) is 11.6 Å². The molecule has 0 aromatic heterocycles. The number of carbonyl (C=O) groups is 1. The van der Waals surface area contributed by atoms with Gasteiger partial charge < -0.3 is 15.1 Å². The van der Waals surface area contributed by atoms with Gasteiger partial charge in [-0.25, -0.2) is 4.79 Å². The number of benzene rings is 2. The van der Waals surface area contributed by atoms with Gasteiger partial charge in [0.05, 0.1) is 0 Å². The highest BCUT2D eigenvalue weighted by Crippen LogP contribution is 2.22. The van der Waals surface area contributed by atoms with E-state index in [1.54, 1.807) is 0 Å². The van der Waals surface area contributed by atoms with Crippen molar-refractivity contribution in [1.82, 2.24) is 10.2 Å². The lowest BCUT2D eigenvalue weighted by Crippen LogP contribution is -2.51. The van der Waals surface area contributed by atoms with Crippen LogP contribution in [0.3, 0.4) is 0 Å². The maximum Gasteiger partial charge on any atom is 0.317 e. The Kier molecular flexibility index (Phi) is 5.49. The Morgan fingerprint density at radius 3 is 2.48 bits per heavy atom. The molecule has 1 aliphatic rings. The third-order valence-corrected chi connectivity index (χ3v) is 5.02. The molecule has 3 rings (SSSR count). The molecular weight excluding hydrogens is 334 g/mol. The maximum absolute atomic E-state index is 12.4. The average molecular weight is 358 g/mol. The number of carbonyl (C=O) groups excluding carboxylic acids is 1. The van der Waals surface area contributed by atoms with Gasteiger partial charge in [0.2, 0.25) is 0 Å². The van der Waals surface area contributed by atoms with Crippen molar-refractivity contribution < 1.29 is 4.79 Å². The van der Waals surface area contributed by atoms with E-state index >= 15 is 0 Å². The second-order valence-corrected chi connectivity index (χ2v) is 6.92. The number of nitrogens with one attached hydrogen (secondary N) is 1. The van der Waals surface area contributed by atoms with E-state index in [1.807, 2.05) is 29.2 Å². The Morgan fingerprint density at radius 1 is 1.08 bits per heavy atom. The first kappa shape index (κ1) is 17.6. The minimum absolute atomic E-state index is 0.0276. The first-order valence-electron chi connectivity index (χ1n) is 8.63. The van der Waals surface area contributed by atoms with Crippen LogP contribution >= 0.6 is 11.6 Å². The quantitative estimate of drug-likeness (QED) is 0.901. The van der Waals surface area contributed by atoms with Gasteiger partial charge in [-0.1, -0.05) is 47.5 Å². The highest BCUT2D eigenvalue weighted by atomic mass is 35.5. The first-order valence-corrected chi connectivity index (χ1v) is 9.01. The molecule has 0 bridgehead atoms. The summed E-state index contributed by atoms with van der Waals surface area (Å²) in [5.74, 6) is 0. The van der Waals surface area contributed by atoms with Crippen molar-refractivity contribution in [2.75, 3.05) is 31.1 Å². The van der Waals surface area contributed by atoms with Gasteiger partial charge in [0, 0.05) is 43.4 Å². The molecule has 2 aromatic carbocycles. The fraction of sp³-hybridized carbons (Fsp3) is 0.350. The van der Waals surface area contributed by atoms with Gasteiger partial charge in [-0.15, -0.1) is 0 Å². The number of piperazine rings is 1. The first-order chi connectivity index (χ1) is 12.0. The molecule has 4 nitrogen and oxygen atoms in total. The highest BCUT2D eigenvalue weighted by Gasteiger charge is 2.22. The van der Waals surface area contributed by atoms with E-state index in [2.05, 4.69) is 42.3 Å². The number of amides is 2. The topological polar surface area (TPSA) is 35.6 Å². The molecule has 1 N–H and O–H groups in total. The van der Waals surface area contributed by atoms with E-state index in [0.29, 0.717) is 11.6 Å². The molecule has 1 saturated heterocycles. The van der Waals surface area contributed by atoms with Gasteiger partial charge in [0.15, 0.2) is 0 Å². The summed E-state index contributed by atoms with van der Waals surface area (Å²) in [5.41, 5.74) is 4.77. The highest BCUT2D eigenvalue weighted by molar-refractivity contribution is 6.31. The smallest absolute Gasteiger partial charge is 0.317 e. The van der Waals surface area contributed by atoms with E-state index in [-0.39, 0.29) is 6.03 Å². The monoisotopic (exact) mass is 357 g/mol. The fourth-order valence-corrected chi connectivity index (χ4v) is 3.44. The van der Waals surface area contributed by atoms with Gasteiger partial charge in [0.25, 0.3) is 0 Å². The average Bonchev–Trinajstić information content (AvgIpc) is 2.61. The van der Waals surface area contributed by atoms with Crippen LogP contribution in [0.2, 0.25) is 5.02 Å². The largest absolute Gasteiger partial charge is 0.368 e. The SMILES string of the molecule is Cc1ccc(N2CCN(C(=O)NCc3ccccc3Cl)CC2)c(C)c1. The van der Waals surface area contributed by atoms with Gasteiger partial charge in [0.1, 0.15) is 0 Å². The lowest BCUT2D eigenvalue weighted by molar-refractivity contribution is 0.194. The summed E-state index contributed by atoms with van der Waals surface area (Å²) in [7, 11) is 0. The molecule has 0 aliphatic carbocycles. The van der Waals surface area contributed by atoms with Crippen LogP contribution in [0.5, 0.6) is 0 Å². The Labute approximate surface area is 154 Å². The molecule has 2 aromatic rings. The molecule has 1 aliphatic heterocycles.